The molecule has 3 aromatic rings. The Kier molecular flexibility index (Phi) is 7.39. The Hall–Kier alpha value is -3.09. The number of pyridine rings is 1. The molecule has 0 radical (unpaired) electrons. The van der Waals surface area contributed by atoms with E-state index in [9.17, 15) is 13.6 Å². The molecule has 2 aromatic carbocycles. The summed E-state index contributed by atoms with van der Waals surface area (Å²) < 4.78 is 34.1. The molecule has 2 heterocycles. The largest absolute Gasteiger partial charge is 0.492 e. The lowest BCUT2D eigenvalue weighted by molar-refractivity contribution is 0.105. The third-order valence-electron chi connectivity index (χ3n) is 6.21. The van der Waals surface area contributed by atoms with Crippen molar-refractivity contribution >= 4 is 29.3 Å². The number of ether oxygens (including phenoxy) is 1. The molecule has 7 heteroatoms. The molecule has 0 atom stereocenters. The number of nitrogens with zero attached hydrogens (tertiary/aromatic N) is 2. The van der Waals surface area contributed by atoms with E-state index in [2.05, 4.69) is 9.88 Å². The van der Waals surface area contributed by atoms with Gasteiger partial charge in [0.15, 0.2) is 5.78 Å². The van der Waals surface area contributed by atoms with Crippen LogP contribution in [0.15, 0.2) is 60.9 Å². The summed E-state index contributed by atoms with van der Waals surface area (Å²) in [6, 6.07) is 12.2. The number of carbonyl (C=O) groups excluding carboxylic acids is 1. The molecule has 0 spiro atoms. The minimum absolute atomic E-state index is 0. The van der Waals surface area contributed by atoms with Crippen LogP contribution in [0.25, 0.3) is 11.1 Å². The third-order valence-corrected chi connectivity index (χ3v) is 6.21. The number of allylic oxidation sites excluding steroid dienone is 1. The van der Waals surface area contributed by atoms with Crippen molar-refractivity contribution in [2.24, 2.45) is 0 Å². The Morgan fingerprint density at radius 3 is 2.35 bits per heavy atom. The predicted octanol–water partition coefficient (Wildman–Crippen LogP) is 5.80. The van der Waals surface area contributed by atoms with E-state index in [1.54, 1.807) is 36.7 Å². The Bertz CT molecular complexity index is 1200. The van der Waals surface area contributed by atoms with Crippen molar-refractivity contribution in [3.8, 4) is 5.75 Å². The number of hydrogen-bond acceptors (Lipinski definition) is 4. The summed E-state index contributed by atoms with van der Waals surface area (Å²) in [6.45, 7) is 3.58. The van der Waals surface area contributed by atoms with E-state index in [-0.39, 0.29) is 18.2 Å². The van der Waals surface area contributed by atoms with E-state index >= 15 is 0 Å². The Morgan fingerprint density at radius 1 is 0.882 bits per heavy atom. The number of halogens is 3. The molecule has 0 N–H and O–H groups in total. The van der Waals surface area contributed by atoms with Gasteiger partial charge >= 0.3 is 0 Å². The van der Waals surface area contributed by atoms with Crippen LogP contribution in [0, 0.1) is 11.6 Å². The lowest BCUT2D eigenvalue weighted by Crippen LogP contribution is -2.33. The van der Waals surface area contributed by atoms with E-state index in [1.165, 1.54) is 31.4 Å². The van der Waals surface area contributed by atoms with Gasteiger partial charge in [0.05, 0.1) is 0 Å². The van der Waals surface area contributed by atoms with Gasteiger partial charge in [-0.15, -0.1) is 12.4 Å². The lowest BCUT2D eigenvalue weighted by atomic mass is 9.95. The second-order valence-corrected chi connectivity index (χ2v) is 8.44. The van der Waals surface area contributed by atoms with Gasteiger partial charge in [0.25, 0.3) is 0 Å². The lowest BCUT2D eigenvalue weighted by Gasteiger charge is -2.26. The molecule has 2 aliphatic rings. The summed E-state index contributed by atoms with van der Waals surface area (Å²) >= 11 is 0. The van der Waals surface area contributed by atoms with Crippen molar-refractivity contribution in [1.29, 1.82) is 0 Å². The van der Waals surface area contributed by atoms with Crippen molar-refractivity contribution in [2.75, 3.05) is 26.2 Å². The third kappa shape index (κ3) is 4.88. The molecule has 176 valence electrons. The first kappa shape index (κ1) is 24.0. The number of hydrogen-bond donors (Lipinski definition) is 0. The molecule has 1 aromatic heterocycles. The number of aromatic nitrogens is 1. The molecule has 0 bridgehead atoms. The smallest absolute Gasteiger partial charge is 0.195 e. The predicted molar refractivity (Wildman–Crippen MR) is 130 cm³/mol. The highest BCUT2D eigenvalue weighted by atomic mass is 35.5. The molecular formula is C27H25ClF2N2O2. The van der Waals surface area contributed by atoms with Crippen LogP contribution in [0.5, 0.6) is 5.75 Å². The number of benzene rings is 2. The van der Waals surface area contributed by atoms with Crippen molar-refractivity contribution in [3.05, 3.63) is 94.8 Å². The number of piperidine rings is 1. The fraction of sp³-hybridized carbons (Fsp3) is 0.259. The van der Waals surface area contributed by atoms with Crippen LogP contribution in [0.4, 0.5) is 8.78 Å². The molecule has 4 nitrogen and oxygen atoms in total. The highest BCUT2D eigenvalue weighted by Crippen LogP contribution is 2.43. The summed E-state index contributed by atoms with van der Waals surface area (Å²) in [5, 5.41) is 0. The molecule has 0 saturated carbocycles. The number of rotatable bonds is 6. The highest BCUT2D eigenvalue weighted by Gasteiger charge is 2.32. The summed E-state index contributed by atoms with van der Waals surface area (Å²) in [7, 11) is 0. The fourth-order valence-corrected chi connectivity index (χ4v) is 4.66. The van der Waals surface area contributed by atoms with Crippen molar-refractivity contribution in [2.45, 2.75) is 19.3 Å². The van der Waals surface area contributed by atoms with E-state index in [1.807, 2.05) is 6.07 Å². The summed E-state index contributed by atoms with van der Waals surface area (Å²) in [5.41, 5.74) is 2.90. The van der Waals surface area contributed by atoms with Gasteiger partial charge in [0.2, 0.25) is 0 Å². The van der Waals surface area contributed by atoms with Gasteiger partial charge < -0.3 is 4.74 Å². The zero-order valence-electron chi connectivity index (χ0n) is 18.6. The number of fused-ring (bicyclic) bond motifs is 1. The van der Waals surface area contributed by atoms with Crippen LogP contribution < -0.4 is 4.74 Å². The minimum atomic E-state index is -0.693. The number of carbonyl (C=O) groups is 1. The van der Waals surface area contributed by atoms with Crippen molar-refractivity contribution in [3.63, 3.8) is 0 Å². The first-order valence-corrected chi connectivity index (χ1v) is 11.3. The Labute approximate surface area is 203 Å². The number of likely N-dealkylation sites (tertiary alicyclic amines) is 1. The summed E-state index contributed by atoms with van der Waals surface area (Å²) in [4.78, 5) is 20.0. The van der Waals surface area contributed by atoms with Crippen LogP contribution in [-0.4, -0.2) is 41.9 Å². The maximum atomic E-state index is 14.1. The van der Waals surface area contributed by atoms with Crippen LogP contribution in [0.1, 0.15) is 46.3 Å². The van der Waals surface area contributed by atoms with Crippen LogP contribution in [-0.2, 0) is 0 Å². The van der Waals surface area contributed by atoms with Crippen LogP contribution in [0.2, 0.25) is 0 Å². The molecular weight excluding hydrogens is 458 g/mol. The Balaban J connectivity index is 0.00000274. The molecule has 34 heavy (non-hydrogen) atoms. The number of Topliss-reactive ketones (excluding diaryl/α,β-unsaturated/α-hetero) is 1. The average molecular weight is 483 g/mol. The zero-order valence-corrected chi connectivity index (χ0v) is 19.4. The monoisotopic (exact) mass is 482 g/mol. The van der Waals surface area contributed by atoms with Gasteiger partial charge in [0.1, 0.15) is 24.0 Å². The molecule has 1 aliphatic heterocycles. The highest BCUT2D eigenvalue weighted by molar-refractivity contribution is 6.41. The van der Waals surface area contributed by atoms with Gasteiger partial charge in [-0.1, -0.05) is 12.5 Å². The van der Waals surface area contributed by atoms with E-state index in [4.69, 9.17) is 4.74 Å². The SMILES string of the molecule is Cl.O=C1C(c2cccnc2)=C(c2cc(F)cc(F)c2)c2ccc(OCCN3CCCCC3)cc21. The van der Waals surface area contributed by atoms with E-state index < -0.39 is 11.6 Å². The Morgan fingerprint density at radius 2 is 1.65 bits per heavy atom. The molecule has 1 saturated heterocycles. The van der Waals surface area contributed by atoms with Gasteiger partial charge in [-0.25, -0.2) is 8.78 Å². The second kappa shape index (κ2) is 10.5. The molecule has 0 unspecified atom stereocenters. The standard InChI is InChI=1S/C27H24F2N2O2.ClH/c28-20-13-19(14-21(29)15-20)25-23-7-6-22(33-12-11-31-9-2-1-3-10-31)16-24(23)27(32)26(25)18-5-4-8-30-17-18;/h4-8,13-17H,1-3,9-12H2;1H. The minimum Gasteiger partial charge on any atom is -0.492 e. The van der Waals surface area contributed by atoms with Crippen molar-refractivity contribution in [1.82, 2.24) is 9.88 Å². The number of ketones is 1. The zero-order chi connectivity index (χ0) is 22.8. The van der Waals surface area contributed by atoms with Gasteiger partial charge in [-0.05, 0) is 73.5 Å². The van der Waals surface area contributed by atoms with E-state index in [0.717, 1.165) is 25.7 Å². The van der Waals surface area contributed by atoms with Gasteiger partial charge in [0, 0.05) is 47.3 Å². The average Bonchev–Trinajstić information content (AvgIpc) is 3.12. The topological polar surface area (TPSA) is 42.4 Å². The normalized spacial score (nSPS) is 15.8. The van der Waals surface area contributed by atoms with Gasteiger partial charge in [-0.3, -0.25) is 14.7 Å². The fourth-order valence-electron chi connectivity index (χ4n) is 4.66. The second-order valence-electron chi connectivity index (χ2n) is 8.44. The maximum Gasteiger partial charge on any atom is 0.195 e. The van der Waals surface area contributed by atoms with Crippen LogP contribution >= 0.6 is 12.4 Å². The quantitative estimate of drug-likeness (QED) is 0.445. The molecule has 0 amide bonds. The van der Waals surface area contributed by atoms with E-state index in [0.29, 0.717) is 45.8 Å². The molecule has 1 aliphatic carbocycles. The first-order chi connectivity index (χ1) is 16.1. The summed E-state index contributed by atoms with van der Waals surface area (Å²) in [6.07, 6.45) is 6.94. The van der Waals surface area contributed by atoms with Gasteiger partial charge in [-0.2, -0.15) is 0 Å². The van der Waals surface area contributed by atoms with Crippen LogP contribution in [0.3, 0.4) is 0 Å². The van der Waals surface area contributed by atoms with Crippen molar-refractivity contribution < 1.29 is 18.3 Å². The maximum absolute atomic E-state index is 14.1. The first-order valence-electron chi connectivity index (χ1n) is 11.3. The molecule has 5 rings (SSSR count). The summed E-state index contributed by atoms with van der Waals surface area (Å²) in [5.74, 6) is -0.987. The molecule has 1 fully saturated rings.